The number of allylic oxidation sites excluding steroid dienone is 3. The van der Waals surface area contributed by atoms with Gasteiger partial charge in [-0.3, -0.25) is 4.79 Å². The molecule has 0 heterocycles. The summed E-state index contributed by atoms with van der Waals surface area (Å²) in [6.45, 7) is 5.72. The van der Waals surface area contributed by atoms with Crippen molar-refractivity contribution in [1.82, 2.24) is 0 Å². The van der Waals surface area contributed by atoms with Crippen molar-refractivity contribution in [3.8, 4) is 0 Å². The third kappa shape index (κ3) is 6.14. The van der Waals surface area contributed by atoms with Crippen LogP contribution in [0.3, 0.4) is 0 Å². The second-order valence-electron chi connectivity index (χ2n) is 7.39. The number of hydrogen-bond donors (Lipinski definition) is 0. The SMILES string of the molecule is C=CCO/N=C(/CC)C1=C(OC(=O)c2ccccc2)CC(/C=C/c2ccccc2)CC1=O. The largest absolute Gasteiger partial charge is 0.427 e. The first-order valence-electron chi connectivity index (χ1n) is 10.7. The van der Waals surface area contributed by atoms with E-state index >= 15 is 0 Å². The Balaban J connectivity index is 1.92. The predicted octanol–water partition coefficient (Wildman–Crippen LogP) is 5.76. The average molecular weight is 430 g/mol. The van der Waals surface area contributed by atoms with E-state index in [0.29, 0.717) is 41.9 Å². The van der Waals surface area contributed by atoms with Gasteiger partial charge in [-0.05, 0) is 30.0 Å². The Hall–Kier alpha value is -3.73. The van der Waals surface area contributed by atoms with Crippen molar-refractivity contribution >= 4 is 23.5 Å². The standard InChI is InChI=1S/C27H27NO4/c1-3-17-31-28-23(4-2)26-24(29)18-21(16-15-20-11-7-5-8-12-20)19-25(26)32-27(30)22-13-9-6-10-14-22/h3,5-16,21H,1,4,17-19H2,2H3/b16-15+,28-23-. The van der Waals surface area contributed by atoms with Gasteiger partial charge in [-0.15, -0.1) is 0 Å². The van der Waals surface area contributed by atoms with E-state index in [9.17, 15) is 9.59 Å². The molecule has 0 bridgehead atoms. The maximum absolute atomic E-state index is 13.1. The molecule has 32 heavy (non-hydrogen) atoms. The molecule has 1 unspecified atom stereocenters. The van der Waals surface area contributed by atoms with E-state index in [1.165, 1.54) is 0 Å². The first kappa shape index (κ1) is 22.9. The number of nitrogens with zero attached hydrogens (tertiary/aromatic N) is 1. The monoisotopic (exact) mass is 429 g/mol. The Kier molecular flexibility index (Phi) is 8.32. The Bertz CT molecular complexity index is 1040. The van der Waals surface area contributed by atoms with Gasteiger partial charge in [0.1, 0.15) is 12.4 Å². The Morgan fingerprint density at radius 2 is 1.78 bits per heavy atom. The van der Waals surface area contributed by atoms with Crippen LogP contribution in [-0.2, 0) is 14.4 Å². The van der Waals surface area contributed by atoms with E-state index in [1.807, 2.05) is 55.5 Å². The Labute approximate surface area is 188 Å². The quantitative estimate of drug-likeness (QED) is 0.167. The molecule has 2 aromatic rings. The summed E-state index contributed by atoms with van der Waals surface area (Å²) >= 11 is 0. The highest BCUT2D eigenvalue weighted by atomic mass is 16.6. The summed E-state index contributed by atoms with van der Waals surface area (Å²) in [5.41, 5.74) is 2.28. The van der Waals surface area contributed by atoms with Crippen LogP contribution >= 0.6 is 0 Å². The third-order valence-electron chi connectivity index (χ3n) is 5.03. The molecule has 0 aromatic heterocycles. The highest BCUT2D eigenvalue weighted by Crippen LogP contribution is 2.31. The summed E-state index contributed by atoms with van der Waals surface area (Å²) in [7, 11) is 0. The van der Waals surface area contributed by atoms with E-state index in [-0.39, 0.29) is 18.3 Å². The maximum Gasteiger partial charge on any atom is 0.343 e. The molecule has 0 amide bonds. The number of benzene rings is 2. The first-order chi connectivity index (χ1) is 15.6. The Morgan fingerprint density at radius 1 is 1.09 bits per heavy atom. The van der Waals surface area contributed by atoms with Gasteiger partial charge in [-0.25, -0.2) is 4.79 Å². The van der Waals surface area contributed by atoms with Crippen molar-refractivity contribution < 1.29 is 19.2 Å². The number of Topliss-reactive ketones (excluding diaryl/α,β-unsaturated/α-hetero) is 1. The van der Waals surface area contributed by atoms with Gasteiger partial charge in [0.15, 0.2) is 5.78 Å². The number of rotatable bonds is 9. The lowest BCUT2D eigenvalue weighted by Gasteiger charge is -2.24. The fourth-order valence-electron chi connectivity index (χ4n) is 3.47. The van der Waals surface area contributed by atoms with Gasteiger partial charge in [-0.1, -0.05) is 85.4 Å². The molecule has 5 nitrogen and oxygen atoms in total. The third-order valence-corrected chi connectivity index (χ3v) is 5.03. The minimum atomic E-state index is -0.499. The molecule has 0 saturated carbocycles. The smallest absolute Gasteiger partial charge is 0.343 e. The fourth-order valence-corrected chi connectivity index (χ4v) is 3.47. The molecule has 0 spiro atoms. The van der Waals surface area contributed by atoms with Crippen LogP contribution in [0.25, 0.3) is 6.08 Å². The van der Waals surface area contributed by atoms with E-state index in [0.717, 1.165) is 5.56 Å². The minimum absolute atomic E-state index is 0.0859. The fraction of sp³-hybridized carbons (Fsp3) is 0.222. The van der Waals surface area contributed by atoms with Crippen LogP contribution in [0.5, 0.6) is 0 Å². The van der Waals surface area contributed by atoms with Crippen LogP contribution in [0, 0.1) is 5.92 Å². The van der Waals surface area contributed by atoms with E-state index in [1.54, 1.807) is 30.3 Å². The summed E-state index contributed by atoms with van der Waals surface area (Å²) in [5.74, 6) is -0.364. The van der Waals surface area contributed by atoms with Gasteiger partial charge < -0.3 is 9.57 Å². The number of hydrogen-bond acceptors (Lipinski definition) is 5. The highest BCUT2D eigenvalue weighted by Gasteiger charge is 2.32. The van der Waals surface area contributed by atoms with Crippen LogP contribution in [0.4, 0.5) is 0 Å². The van der Waals surface area contributed by atoms with Crippen molar-refractivity contribution in [3.05, 3.63) is 102 Å². The molecule has 3 rings (SSSR count). The molecular weight excluding hydrogens is 402 g/mol. The maximum atomic E-state index is 13.1. The summed E-state index contributed by atoms with van der Waals surface area (Å²) in [6.07, 6.45) is 6.76. The van der Waals surface area contributed by atoms with Crippen molar-refractivity contribution in [2.24, 2.45) is 11.1 Å². The lowest BCUT2D eigenvalue weighted by Crippen LogP contribution is -2.26. The summed E-state index contributed by atoms with van der Waals surface area (Å²) < 4.78 is 5.76. The summed E-state index contributed by atoms with van der Waals surface area (Å²) in [4.78, 5) is 31.1. The van der Waals surface area contributed by atoms with Gasteiger partial charge in [-0.2, -0.15) is 0 Å². The number of ketones is 1. The van der Waals surface area contributed by atoms with Gasteiger partial charge in [0.25, 0.3) is 0 Å². The lowest BCUT2D eigenvalue weighted by molar-refractivity contribution is -0.116. The molecule has 5 heteroatoms. The van der Waals surface area contributed by atoms with Crippen LogP contribution in [0.1, 0.15) is 42.1 Å². The van der Waals surface area contributed by atoms with Gasteiger partial charge >= 0.3 is 5.97 Å². The molecule has 0 N–H and O–H groups in total. The Morgan fingerprint density at radius 3 is 2.44 bits per heavy atom. The molecule has 0 aliphatic heterocycles. The van der Waals surface area contributed by atoms with Gasteiger partial charge in [0, 0.05) is 12.8 Å². The van der Waals surface area contributed by atoms with Gasteiger partial charge in [0.2, 0.25) is 0 Å². The molecule has 1 aliphatic rings. The number of ether oxygens (including phenoxy) is 1. The predicted molar refractivity (Wildman–Crippen MR) is 126 cm³/mol. The minimum Gasteiger partial charge on any atom is -0.427 e. The van der Waals surface area contributed by atoms with E-state index in [4.69, 9.17) is 9.57 Å². The second kappa shape index (κ2) is 11.6. The van der Waals surface area contributed by atoms with Crippen LogP contribution in [-0.4, -0.2) is 24.1 Å². The summed E-state index contributed by atoms with van der Waals surface area (Å²) in [5, 5.41) is 4.11. The molecule has 1 atom stereocenters. The van der Waals surface area contributed by atoms with E-state index in [2.05, 4.69) is 11.7 Å². The number of carbonyl (C=O) groups excluding carboxylic acids is 2. The van der Waals surface area contributed by atoms with Crippen LogP contribution < -0.4 is 0 Å². The molecule has 0 saturated heterocycles. The molecular formula is C27H27NO4. The highest BCUT2D eigenvalue weighted by molar-refractivity contribution is 6.23. The second-order valence-corrected chi connectivity index (χ2v) is 7.39. The summed E-state index contributed by atoms with van der Waals surface area (Å²) in [6, 6.07) is 18.6. The normalized spacial score (nSPS) is 16.8. The zero-order chi connectivity index (χ0) is 22.8. The number of esters is 1. The first-order valence-corrected chi connectivity index (χ1v) is 10.7. The molecule has 1 aliphatic carbocycles. The molecule has 2 aromatic carbocycles. The molecule has 164 valence electrons. The number of carbonyl (C=O) groups is 2. The van der Waals surface area contributed by atoms with Crippen molar-refractivity contribution in [2.45, 2.75) is 26.2 Å². The average Bonchev–Trinajstić information content (AvgIpc) is 2.82. The zero-order valence-corrected chi connectivity index (χ0v) is 18.2. The van der Waals surface area contributed by atoms with Crippen molar-refractivity contribution in [2.75, 3.05) is 6.61 Å². The van der Waals surface area contributed by atoms with Crippen molar-refractivity contribution in [1.29, 1.82) is 0 Å². The lowest BCUT2D eigenvalue weighted by atomic mass is 9.84. The molecule has 0 fully saturated rings. The van der Waals surface area contributed by atoms with Crippen molar-refractivity contribution in [3.63, 3.8) is 0 Å². The number of oxime groups is 1. The van der Waals surface area contributed by atoms with Crippen LogP contribution in [0.15, 0.2) is 95.9 Å². The van der Waals surface area contributed by atoms with E-state index < -0.39 is 5.97 Å². The van der Waals surface area contributed by atoms with Gasteiger partial charge in [0.05, 0.1) is 16.8 Å². The topological polar surface area (TPSA) is 65.0 Å². The van der Waals surface area contributed by atoms with Crippen LogP contribution in [0.2, 0.25) is 0 Å². The molecule has 0 radical (unpaired) electrons. The zero-order valence-electron chi connectivity index (χ0n) is 18.2.